The standard InChI is InChI=1S/C20H15N5O3/c1-2-27-20(26)16-18(23-14-7-4-3-5-8-14)24-25-17(15-9-6-10-28-15)13(11-21)12-22-19(16)25/h3-10,12H,2H2,1H3,(H,23,24). The van der Waals surface area contributed by atoms with Gasteiger partial charge in [0.1, 0.15) is 17.3 Å². The van der Waals surface area contributed by atoms with Gasteiger partial charge in [-0.25, -0.2) is 14.3 Å². The summed E-state index contributed by atoms with van der Waals surface area (Å²) in [6, 6.07) is 14.8. The Balaban J connectivity index is 1.97. The van der Waals surface area contributed by atoms with Gasteiger partial charge in [-0.15, -0.1) is 5.10 Å². The predicted octanol–water partition coefficient (Wildman–Crippen LogP) is 3.78. The average Bonchev–Trinajstić information content (AvgIpc) is 3.35. The number of anilines is 2. The van der Waals surface area contributed by atoms with Crippen molar-refractivity contribution in [3.8, 4) is 17.5 Å². The van der Waals surface area contributed by atoms with E-state index in [1.165, 1.54) is 17.0 Å². The second kappa shape index (κ2) is 7.25. The molecule has 0 radical (unpaired) electrons. The van der Waals surface area contributed by atoms with E-state index >= 15 is 0 Å². The zero-order valence-electron chi connectivity index (χ0n) is 14.9. The largest absolute Gasteiger partial charge is 0.463 e. The van der Waals surface area contributed by atoms with Crippen molar-refractivity contribution in [3.05, 3.63) is 66.1 Å². The van der Waals surface area contributed by atoms with E-state index < -0.39 is 5.97 Å². The first-order valence-electron chi connectivity index (χ1n) is 8.57. The lowest BCUT2D eigenvalue weighted by molar-refractivity contribution is 0.0529. The third kappa shape index (κ3) is 2.95. The number of nitrogens with one attached hydrogen (secondary N) is 1. The molecule has 1 aromatic carbocycles. The van der Waals surface area contributed by atoms with Crippen LogP contribution in [0, 0.1) is 11.3 Å². The van der Waals surface area contributed by atoms with Gasteiger partial charge >= 0.3 is 5.97 Å². The Morgan fingerprint density at radius 2 is 2.11 bits per heavy atom. The molecule has 1 N–H and O–H groups in total. The lowest BCUT2D eigenvalue weighted by Gasteiger charge is -2.05. The molecule has 0 fully saturated rings. The molecule has 0 unspecified atom stereocenters. The quantitative estimate of drug-likeness (QED) is 0.531. The van der Waals surface area contributed by atoms with E-state index in [0.717, 1.165) is 5.69 Å². The minimum absolute atomic E-state index is 0.183. The Morgan fingerprint density at radius 3 is 2.79 bits per heavy atom. The van der Waals surface area contributed by atoms with Crippen molar-refractivity contribution in [2.75, 3.05) is 11.9 Å². The number of hydrogen-bond acceptors (Lipinski definition) is 7. The van der Waals surface area contributed by atoms with Crippen LogP contribution in [0.1, 0.15) is 22.8 Å². The van der Waals surface area contributed by atoms with Crippen LogP contribution in [0.15, 0.2) is 59.3 Å². The zero-order chi connectivity index (χ0) is 19.5. The lowest BCUT2D eigenvalue weighted by Crippen LogP contribution is -2.08. The molecule has 0 aliphatic rings. The van der Waals surface area contributed by atoms with Crippen molar-refractivity contribution in [2.45, 2.75) is 6.92 Å². The van der Waals surface area contributed by atoms with Crippen molar-refractivity contribution in [3.63, 3.8) is 0 Å². The summed E-state index contributed by atoms with van der Waals surface area (Å²) in [5.74, 6) is 0.159. The Morgan fingerprint density at radius 1 is 1.29 bits per heavy atom. The molecular weight excluding hydrogens is 358 g/mol. The highest BCUT2D eigenvalue weighted by Crippen LogP contribution is 2.30. The molecule has 0 spiro atoms. The molecule has 0 atom stereocenters. The van der Waals surface area contributed by atoms with E-state index in [1.807, 2.05) is 30.3 Å². The molecule has 28 heavy (non-hydrogen) atoms. The average molecular weight is 373 g/mol. The van der Waals surface area contributed by atoms with Gasteiger partial charge in [0.15, 0.2) is 17.2 Å². The normalized spacial score (nSPS) is 10.6. The Labute approximate surface area is 160 Å². The SMILES string of the molecule is CCOC(=O)c1c(Nc2ccccc2)nn2c(-c3ccco3)c(C#N)cnc12. The Bertz CT molecular complexity index is 1170. The molecular formula is C20H15N5O3. The number of nitriles is 1. The van der Waals surface area contributed by atoms with Crippen LogP contribution in [0.3, 0.4) is 0 Å². The molecule has 0 bridgehead atoms. The minimum atomic E-state index is -0.557. The van der Waals surface area contributed by atoms with Crippen LogP contribution in [-0.2, 0) is 4.74 Å². The molecule has 0 aliphatic carbocycles. The summed E-state index contributed by atoms with van der Waals surface area (Å²) in [6.07, 6.45) is 2.89. The molecule has 3 heterocycles. The lowest BCUT2D eigenvalue weighted by atomic mass is 10.2. The molecule has 4 aromatic rings. The number of nitrogens with zero attached hydrogens (tertiary/aromatic N) is 4. The highest BCUT2D eigenvalue weighted by molar-refractivity contribution is 6.02. The fourth-order valence-corrected chi connectivity index (χ4v) is 2.85. The summed E-state index contributed by atoms with van der Waals surface area (Å²) in [6.45, 7) is 1.94. The topological polar surface area (TPSA) is 105 Å². The van der Waals surface area contributed by atoms with E-state index in [0.29, 0.717) is 11.5 Å². The molecule has 0 amide bonds. The number of hydrogen-bond donors (Lipinski definition) is 1. The molecule has 0 aliphatic heterocycles. The van der Waals surface area contributed by atoms with Crippen LogP contribution < -0.4 is 5.32 Å². The third-order valence-corrected chi connectivity index (χ3v) is 4.03. The van der Waals surface area contributed by atoms with Gasteiger partial charge in [0.25, 0.3) is 0 Å². The van der Waals surface area contributed by atoms with Crippen molar-refractivity contribution in [1.82, 2.24) is 14.6 Å². The van der Waals surface area contributed by atoms with Crippen molar-refractivity contribution in [2.24, 2.45) is 0 Å². The monoisotopic (exact) mass is 373 g/mol. The Kier molecular flexibility index (Phi) is 4.48. The number of carbonyl (C=O) groups excluding carboxylic acids is 1. The van der Waals surface area contributed by atoms with E-state index in [-0.39, 0.29) is 29.2 Å². The summed E-state index contributed by atoms with van der Waals surface area (Å²) < 4.78 is 12.1. The van der Waals surface area contributed by atoms with E-state index in [2.05, 4.69) is 21.5 Å². The first-order valence-corrected chi connectivity index (χ1v) is 8.57. The number of fused-ring (bicyclic) bond motifs is 1. The number of aromatic nitrogens is 3. The van der Waals surface area contributed by atoms with Gasteiger partial charge in [0, 0.05) is 11.9 Å². The third-order valence-electron chi connectivity index (χ3n) is 4.03. The van der Waals surface area contributed by atoms with Crippen LogP contribution in [0.2, 0.25) is 0 Å². The van der Waals surface area contributed by atoms with Crippen molar-refractivity contribution >= 4 is 23.1 Å². The molecule has 3 aromatic heterocycles. The number of carbonyl (C=O) groups is 1. The van der Waals surface area contributed by atoms with Gasteiger partial charge in [-0.1, -0.05) is 18.2 Å². The van der Waals surface area contributed by atoms with E-state index in [4.69, 9.17) is 9.15 Å². The first kappa shape index (κ1) is 17.3. The van der Waals surface area contributed by atoms with Gasteiger partial charge in [-0.3, -0.25) is 0 Å². The first-order chi connectivity index (χ1) is 13.7. The maximum atomic E-state index is 12.6. The Hall–Kier alpha value is -4.12. The van der Waals surface area contributed by atoms with Crippen LogP contribution in [0.4, 0.5) is 11.5 Å². The van der Waals surface area contributed by atoms with Crippen molar-refractivity contribution in [1.29, 1.82) is 5.26 Å². The van der Waals surface area contributed by atoms with E-state index in [1.54, 1.807) is 19.1 Å². The van der Waals surface area contributed by atoms with Gasteiger partial charge in [-0.2, -0.15) is 5.26 Å². The van der Waals surface area contributed by atoms with Crippen LogP contribution in [-0.4, -0.2) is 27.2 Å². The summed E-state index contributed by atoms with van der Waals surface area (Å²) >= 11 is 0. The molecule has 0 saturated heterocycles. The smallest absolute Gasteiger partial charge is 0.345 e. The van der Waals surface area contributed by atoms with Gasteiger partial charge in [0.05, 0.1) is 18.4 Å². The number of esters is 1. The van der Waals surface area contributed by atoms with Crippen molar-refractivity contribution < 1.29 is 13.9 Å². The zero-order valence-corrected chi connectivity index (χ0v) is 14.9. The van der Waals surface area contributed by atoms with Crippen LogP contribution >= 0.6 is 0 Å². The summed E-state index contributed by atoms with van der Waals surface area (Å²) in [5.41, 5.74) is 1.87. The number of ether oxygens (including phenoxy) is 1. The minimum Gasteiger partial charge on any atom is -0.463 e. The maximum absolute atomic E-state index is 12.6. The van der Waals surface area contributed by atoms with Gasteiger partial charge in [-0.05, 0) is 31.2 Å². The fraction of sp³-hybridized carbons (Fsp3) is 0.100. The molecule has 8 heteroatoms. The summed E-state index contributed by atoms with van der Waals surface area (Å²) in [5, 5.41) is 17.1. The number of para-hydroxylation sites is 1. The van der Waals surface area contributed by atoms with Crippen LogP contribution in [0.25, 0.3) is 17.1 Å². The second-order valence-electron chi connectivity index (χ2n) is 5.78. The number of benzene rings is 1. The van der Waals surface area contributed by atoms with Crippen LogP contribution in [0.5, 0.6) is 0 Å². The molecule has 4 rings (SSSR count). The highest BCUT2D eigenvalue weighted by Gasteiger charge is 2.26. The predicted molar refractivity (Wildman–Crippen MR) is 101 cm³/mol. The second-order valence-corrected chi connectivity index (χ2v) is 5.78. The summed E-state index contributed by atoms with van der Waals surface area (Å²) in [7, 11) is 0. The van der Waals surface area contributed by atoms with Gasteiger partial charge < -0.3 is 14.5 Å². The molecule has 8 nitrogen and oxygen atoms in total. The maximum Gasteiger partial charge on any atom is 0.345 e. The fourth-order valence-electron chi connectivity index (χ4n) is 2.85. The highest BCUT2D eigenvalue weighted by atomic mass is 16.5. The number of furan rings is 1. The van der Waals surface area contributed by atoms with Gasteiger partial charge in [0.2, 0.25) is 0 Å². The number of rotatable bonds is 5. The molecule has 0 saturated carbocycles. The summed E-state index contributed by atoms with van der Waals surface area (Å²) in [4.78, 5) is 16.9. The molecule has 138 valence electrons. The van der Waals surface area contributed by atoms with E-state index in [9.17, 15) is 10.1 Å².